The molecule has 0 aliphatic heterocycles. The fraction of sp³-hybridized carbons (Fsp3) is 0.364. The lowest BCUT2D eigenvalue weighted by Gasteiger charge is -2.16. The number of halogens is 1. The largest absolute Gasteiger partial charge is 0.495 e. The van der Waals surface area contributed by atoms with Crippen LogP contribution in [0.2, 0.25) is 5.02 Å². The molecule has 0 aliphatic carbocycles. The number of rotatable bonds is 11. The van der Waals surface area contributed by atoms with Gasteiger partial charge in [-0.05, 0) is 51.1 Å². The summed E-state index contributed by atoms with van der Waals surface area (Å²) in [7, 11) is 1.49. The van der Waals surface area contributed by atoms with Crippen molar-refractivity contribution in [2.24, 2.45) is 0 Å². The first-order valence-corrected chi connectivity index (χ1v) is 10.2. The number of hydrogen-bond donors (Lipinski definition) is 1. The van der Waals surface area contributed by atoms with Crippen LogP contribution in [0.15, 0.2) is 30.3 Å². The van der Waals surface area contributed by atoms with Gasteiger partial charge in [-0.3, -0.25) is 4.79 Å². The third-order valence-electron chi connectivity index (χ3n) is 3.91. The Morgan fingerprint density at radius 2 is 1.52 bits per heavy atom. The highest BCUT2D eigenvalue weighted by molar-refractivity contribution is 6.32. The van der Waals surface area contributed by atoms with Gasteiger partial charge in [0.1, 0.15) is 5.75 Å². The summed E-state index contributed by atoms with van der Waals surface area (Å²) in [5.41, 5.74) is 0.626. The molecule has 8 nitrogen and oxygen atoms in total. The number of hydrogen-bond acceptors (Lipinski definition) is 7. The number of benzene rings is 2. The molecular weight excluding hydrogens is 426 g/mol. The second-order valence-corrected chi connectivity index (χ2v) is 6.48. The zero-order valence-electron chi connectivity index (χ0n) is 18.0. The molecule has 0 aromatic heterocycles. The van der Waals surface area contributed by atoms with Gasteiger partial charge in [0.2, 0.25) is 5.75 Å². The minimum Gasteiger partial charge on any atom is -0.495 e. The molecular formula is C22H26ClNO7. The Balaban J connectivity index is 2.09. The van der Waals surface area contributed by atoms with Crippen LogP contribution in [-0.4, -0.2) is 45.4 Å². The van der Waals surface area contributed by atoms with Crippen LogP contribution in [0, 0.1) is 0 Å². The lowest BCUT2D eigenvalue weighted by molar-refractivity contribution is -0.119. The molecule has 0 saturated heterocycles. The van der Waals surface area contributed by atoms with E-state index in [9.17, 15) is 9.59 Å². The molecule has 9 heteroatoms. The van der Waals surface area contributed by atoms with Gasteiger partial charge in [0.25, 0.3) is 5.91 Å². The Labute approximate surface area is 186 Å². The predicted molar refractivity (Wildman–Crippen MR) is 117 cm³/mol. The number of methoxy groups -OCH3 is 1. The fourth-order valence-electron chi connectivity index (χ4n) is 2.66. The topological polar surface area (TPSA) is 92.3 Å². The summed E-state index contributed by atoms with van der Waals surface area (Å²) in [5, 5.41) is 2.95. The summed E-state index contributed by atoms with van der Waals surface area (Å²) in [4.78, 5) is 24.7. The Kier molecular flexibility index (Phi) is 9.27. The van der Waals surface area contributed by atoms with Crippen LogP contribution in [-0.2, 0) is 9.53 Å². The fourth-order valence-corrected chi connectivity index (χ4v) is 2.92. The van der Waals surface area contributed by atoms with E-state index in [2.05, 4.69) is 5.32 Å². The first-order valence-electron chi connectivity index (χ1n) is 9.80. The number of amides is 1. The van der Waals surface area contributed by atoms with Crippen molar-refractivity contribution in [3.05, 3.63) is 40.9 Å². The van der Waals surface area contributed by atoms with Crippen LogP contribution in [0.5, 0.6) is 23.0 Å². The van der Waals surface area contributed by atoms with E-state index < -0.39 is 18.5 Å². The Morgan fingerprint density at radius 3 is 2.03 bits per heavy atom. The predicted octanol–water partition coefficient (Wildman–Crippen LogP) is 4.34. The van der Waals surface area contributed by atoms with Gasteiger partial charge in [0.05, 0.1) is 37.5 Å². The molecule has 168 valence electrons. The smallest absolute Gasteiger partial charge is 0.338 e. The van der Waals surface area contributed by atoms with Crippen molar-refractivity contribution in [2.45, 2.75) is 20.8 Å². The van der Waals surface area contributed by atoms with Crippen molar-refractivity contribution >= 4 is 29.2 Å². The van der Waals surface area contributed by atoms with E-state index in [1.807, 2.05) is 20.8 Å². The maximum absolute atomic E-state index is 12.5. The maximum atomic E-state index is 12.5. The molecule has 0 unspecified atom stereocenters. The van der Waals surface area contributed by atoms with Gasteiger partial charge >= 0.3 is 5.97 Å². The van der Waals surface area contributed by atoms with E-state index in [-0.39, 0.29) is 5.56 Å². The third-order valence-corrected chi connectivity index (χ3v) is 4.21. The number of carbonyl (C=O) groups is 2. The molecule has 0 atom stereocenters. The SMILES string of the molecule is CCOc1cc(C(=O)OCC(=O)Nc2ccc(OC)c(Cl)c2)cc(OCC)c1OCC. The van der Waals surface area contributed by atoms with Gasteiger partial charge in [-0.1, -0.05) is 11.6 Å². The maximum Gasteiger partial charge on any atom is 0.338 e. The van der Waals surface area contributed by atoms with E-state index in [1.165, 1.54) is 25.3 Å². The lowest BCUT2D eigenvalue weighted by Crippen LogP contribution is -2.21. The van der Waals surface area contributed by atoms with Crippen molar-refractivity contribution < 1.29 is 33.3 Å². The van der Waals surface area contributed by atoms with Crippen molar-refractivity contribution in [3.63, 3.8) is 0 Å². The minimum absolute atomic E-state index is 0.177. The molecule has 2 aromatic carbocycles. The van der Waals surface area contributed by atoms with Crippen molar-refractivity contribution in [3.8, 4) is 23.0 Å². The molecule has 0 aliphatic rings. The molecule has 1 N–H and O–H groups in total. The quantitative estimate of drug-likeness (QED) is 0.508. The molecule has 0 radical (unpaired) electrons. The van der Waals surface area contributed by atoms with Crippen LogP contribution in [0.1, 0.15) is 31.1 Å². The summed E-state index contributed by atoms with van der Waals surface area (Å²) in [5.74, 6) is 0.399. The van der Waals surface area contributed by atoms with E-state index in [0.717, 1.165) is 0 Å². The average molecular weight is 452 g/mol. The van der Waals surface area contributed by atoms with Crippen LogP contribution in [0.4, 0.5) is 5.69 Å². The molecule has 0 fully saturated rings. The third kappa shape index (κ3) is 6.68. The molecule has 0 spiro atoms. The van der Waals surface area contributed by atoms with Gasteiger partial charge in [0.15, 0.2) is 18.1 Å². The summed E-state index contributed by atoms with van der Waals surface area (Å²) in [6.07, 6.45) is 0. The van der Waals surface area contributed by atoms with Gasteiger partial charge < -0.3 is 29.0 Å². The van der Waals surface area contributed by atoms with Crippen molar-refractivity contribution in [1.82, 2.24) is 0 Å². The number of anilines is 1. The number of esters is 1. The van der Waals surface area contributed by atoms with Crippen LogP contribution < -0.4 is 24.3 Å². The van der Waals surface area contributed by atoms with Crippen LogP contribution in [0.3, 0.4) is 0 Å². The Bertz CT molecular complexity index is 890. The van der Waals surface area contributed by atoms with Crippen molar-refractivity contribution in [1.29, 1.82) is 0 Å². The highest BCUT2D eigenvalue weighted by Gasteiger charge is 2.20. The molecule has 31 heavy (non-hydrogen) atoms. The van der Waals surface area contributed by atoms with Gasteiger partial charge in [-0.2, -0.15) is 0 Å². The summed E-state index contributed by atoms with van der Waals surface area (Å²) >= 11 is 6.04. The Hall–Kier alpha value is -3.13. The normalized spacial score (nSPS) is 10.2. The van der Waals surface area contributed by atoms with Gasteiger partial charge in [-0.15, -0.1) is 0 Å². The molecule has 2 aromatic rings. The van der Waals surface area contributed by atoms with E-state index in [1.54, 1.807) is 12.1 Å². The zero-order chi connectivity index (χ0) is 22.8. The second kappa shape index (κ2) is 11.9. The summed E-state index contributed by atoms with van der Waals surface area (Å²) < 4.78 is 27.0. The zero-order valence-corrected chi connectivity index (χ0v) is 18.7. The molecule has 1 amide bonds. The number of ether oxygens (including phenoxy) is 5. The summed E-state index contributed by atoms with van der Waals surface area (Å²) in [6, 6.07) is 7.78. The standard InChI is InChI=1S/C22H26ClNO7/c1-5-28-18-10-14(11-19(29-6-2)21(18)30-7-3)22(26)31-13-20(25)24-15-8-9-17(27-4)16(23)12-15/h8-12H,5-7,13H2,1-4H3,(H,24,25). The molecule has 0 saturated carbocycles. The van der Waals surface area contributed by atoms with Crippen LogP contribution >= 0.6 is 11.6 Å². The molecule has 0 heterocycles. The second-order valence-electron chi connectivity index (χ2n) is 6.07. The number of carbonyl (C=O) groups excluding carboxylic acids is 2. The lowest BCUT2D eigenvalue weighted by atomic mass is 10.2. The van der Waals surface area contributed by atoms with E-state index >= 15 is 0 Å². The van der Waals surface area contributed by atoms with E-state index in [4.69, 9.17) is 35.3 Å². The first-order chi connectivity index (χ1) is 14.9. The van der Waals surface area contributed by atoms with Crippen molar-refractivity contribution in [2.75, 3.05) is 38.9 Å². The summed E-state index contributed by atoms with van der Waals surface area (Å²) in [6.45, 7) is 6.13. The Morgan fingerprint density at radius 1 is 0.903 bits per heavy atom. The number of nitrogens with one attached hydrogen (secondary N) is 1. The first kappa shape index (κ1) is 24.1. The van der Waals surface area contributed by atoms with E-state index in [0.29, 0.717) is 53.5 Å². The average Bonchev–Trinajstić information content (AvgIpc) is 2.74. The monoisotopic (exact) mass is 451 g/mol. The minimum atomic E-state index is -0.701. The van der Waals surface area contributed by atoms with Crippen LogP contribution in [0.25, 0.3) is 0 Å². The van der Waals surface area contributed by atoms with Gasteiger partial charge in [-0.25, -0.2) is 4.79 Å². The molecule has 2 rings (SSSR count). The highest BCUT2D eigenvalue weighted by atomic mass is 35.5. The van der Waals surface area contributed by atoms with Gasteiger partial charge in [0, 0.05) is 5.69 Å². The highest BCUT2D eigenvalue weighted by Crippen LogP contribution is 2.39. The molecule has 0 bridgehead atoms.